The largest absolute Gasteiger partial charge is 0.459 e. The van der Waals surface area contributed by atoms with E-state index in [0.29, 0.717) is 6.42 Å². The molecule has 1 amide bonds. The smallest absolute Gasteiger partial charge is 0.329 e. The number of carbonyl (C=O) groups excluding carboxylic acids is 2. The zero-order valence-electron chi connectivity index (χ0n) is 13.5. The van der Waals surface area contributed by atoms with Gasteiger partial charge in [0.05, 0.1) is 6.04 Å². The SMILES string of the molecule is CC(C)(C)OC(=O)C1NC(C(N)=O)Cc2c1[nH]c1ccccc21. The van der Waals surface area contributed by atoms with Crippen LogP contribution in [0.3, 0.4) is 0 Å². The Labute approximate surface area is 134 Å². The topological polar surface area (TPSA) is 97.2 Å². The maximum Gasteiger partial charge on any atom is 0.329 e. The van der Waals surface area contributed by atoms with Crippen molar-refractivity contribution in [1.29, 1.82) is 0 Å². The number of benzene rings is 1. The van der Waals surface area contributed by atoms with Gasteiger partial charge in [0, 0.05) is 16.6 Å². The Morgan fingerprint density at radius 1 is 1.26 bits per heavy atom. The third kappa shape index (κ3) is 2.94. The van der Waals surface area contributed by atoms with Crippen LogP contribution in [0.2, 0.25) is 0 Å². The summed E-state index contributed by atoms with van der Waals surface area (Å²) < 4.78 is 5.48. The Morgan fingerprint density at radius 2 is 1.96 bits per heavy atom. The molecule has 4 N–H and O–H groups in total. The highest BCUT2D eigenvalue weighted by atomic mass is 16.6. The number of hydrogen-bond donors (Lipinski definition) is 3. The average Bonchev–Trinajstić information content (AvgIpc) is 2.82. The van der Waals surface area contributed by atoms with Gasteiger partial charge in [0.25, 0.3) is 0 Å². The van der Waals surface area contributed by atoms with Crippen molar-refractivity contribution in [3.8, 4) is 0 Å². The Kier molecular flexibility index (Phi) is 3.64. The van der Waals surface area contributed by atoms with E-state index in [1.807, 2.05) is 45.0 Å². The number of para-hydroxylation sites is 1. The van der Waals surface area contributed by atoms with Gasteiger partial charge in [-0.2, -0.15) is 0 Å². The van der Waals surface area contributed by atoms with Crippen molar-refractivity contribution in [2.75, 3.05) is 0 Å². The number of ether oxygens (including phenoxy) is 1. The van der Waals surface area contributed by atoms with Crippen LogP contribution in [0.25, 0.3) is 10.9 Å². The van der Waals surface area contributed by atoms with E-state index >= 15 is 0 Å². The van der Waals surface area contributed by atoms with Gasteiger partial charge in [-0.25, -0.2) is 4.79 Å². The van der Waals surface area contributed by atoms with Crippen molar-refractivity contribution in [3.05, 3.63) is 35.5 Å². The van der Waals surface area contributed by atoms with Gasteiger partial charge in [0.1, 0.15) is 11.6 Å². The van der Waals surface area contributed by atoms with Crippen LogP contribution < -0.4 is 11.1 Å². The number of aromatic nitrogens is 1. The molecule has 1 aromatic heterocycles. The zero-order valence-corrected chi connectivity index (χ0v) is 13.5. The molecule has 1 aliphatic rings. The molecule has 2 heterocycles. The predicted molar refractivity (Wildman–Crippen MR) is 86.7 cm³/mol. The number of nitrogens with one attached hydrogen (secondary N) is 2. The number of aromatic amines is 1. The third-order valence-electron chi connectivity index (χ3n) is 3.90. The van der Waals surface area contributed by atoms with Crippen LogP contribution in [0, 0.1) is 0 Å². The standard InChI is InChI=1S/C17H21N3O3/c1-17(2,3)23-16(22)14-13-10(8-12(20-14)15(18)21)9-6-4-5-7-11(9)19-13/h4-7,12,14,19-20H,8H2,1-3H3,(H2,18,21). The Morgan fingerprint density at radius 3 is 2.61 bits per heavy atom. The minimum atomic E-state index is -0.733. The predicted octanol–water partition coefficient (Wildman–Crippen LogP) is 1.55. The molecule has 0 radical (unpaired) electrons. The molecule has 2 aromatic rings. The van der Waals surface area contributed by atoms with Crippen LogP contribution in [0.5, 0.6) is 0 Å². The van der Waals surface area contributed by atoms with Crippen LogP contribution >= 0.6 is 0 Å². The summed E-state index contributed by atoms with van der Waals surface area (Å²) in [5.74, 6) is -0.897. The van der Waals surface area contributed by atoms with Gasteiger partial charge >= 0.3 is 5.97 Å². The number of fused-ring (bicyclic) bond motifs is 3. The molecule has 0 bridgehead atoms. The van der Waals surface area contributed by atoms with Crippen LogP contribution in [0.1, 0.15) is 38.1 Å². The van der Waals surface area contributed by atoms with Crippen molar-refractivity contribution in [3.63, 3.8) is 0 Å². The molecular formula is C17H21N3O3. The number of nitrogens with two attached hydrogens (primary N) is 1. The molecule has 122 valence electrons. The fourth-order valence-corrected chi connectivity index (χ4v) is 2.96. The molecule has 6 heteroatoms. The highest BCUT2D eigenvalue weighted by Gasteiger charge is 2.38. The van der Waals surface area contributed by atoms with E-state index < -0.39 is 29.6 Å². The highest BCUT2D eigenvalue weighted by Crippen LogP contribution is 2.33. The third-order valence-corrected chi connectivity index (χ3v) is 3.90. The number of rotatable bonds is 2. The van der Waals surface area contributed by atoms with Gasteiger partial charge in [-0.05, 0) is 38.8 Å². The molecule has 0 fully saturated rings. The van der Waals surface area contributed by atoms with Gasteiger partial charge < -0.3 is 15.5 Å². The van der Waals surface area contributed by atoms with Crippen molar-refractivity contribution in [1.82, 2.24) is 10.3 Å². The minimum Gasteiger partial charge on any atom is -0.459 e. The summed E-state index contributed by atoms with van der Waals surface area (Å²) in [4.78, 5) is 27.5. The summed E-state index contributed by atoms with van der Waals surface area (Å²) in [7, 11) is 0. The molecule has 23 heavy (non-hydrogen) atoms. The van der Waals surface area contributed by atoms with Crippen LogP contribution in [0.4, 0.5) is 0 Å². The average molecular weight is 315 g/mol. The van der Waals surface area contributed by atoms with Gasteiger partial charge in [-0.15, -0.1) is 0 Å². The number of amides is 1. The zero-order chi connectivity index (χ0) is 16.8. The van der Waals surface area contributed by atoms with Gasteiger partial charge in [0.2, 0.25) is 5.91 Å². The Bertz CT molecular complexity index is 773. The van der Waals surface area contributed by atoms with Gasteiger partial charge in [0.15, 0.2) is 0 Å². The van der Waals surface area contributed by atoms with Gasteiger partial charge in [-0.1, -0.05) is 18.2 Å². The monoisotopic (exact) mass is 315 g/mol. The summed E-state index contributed by atoms with van der Waals surface area (Å²) in [6, 6.07) is 6.44. The minimum absolute atomic E-state index is 0.420. The lowest BCUT2D eigenvalue weighted by Gasteiger charge is -2.30. The van der Waals surface area contributed by atoms with Gasteiger partial charge in [-0.3, -0.25) is 10.1 Å². The Balaban J connectivity index is 2.06. The second-order valence-electron chi connectivity index (χ2n) is 6.86. The van der Waals surface area contributed by atoms with Crippen molar-refractivity contribution in [2.45, 2.75) is 44.9 Å². The molecule has 0 aliphatic carbocycles. The lowest BCUT2D eigenvalue weighted by Crippen LogP contribution is -2.50. The lowest BCUT2D eigenvalue weighted by atomic mass is 9.93. The summed E-state index contributed by atoms with van der Waals surface area (Å²) in [5.41, 5.74) is 7.48. The molecule has 6 nitrogen and oxygen atoms in total. The quantitative estimate of drug-likeness (QED) is 0.732. The first kappa shape index (κ1) is 15.6. The molecule has 0 spiro atoms. The molecule has 1 aliphatic heterocycles. The fraction of sp³-hybridized carbons (Fsp3) is 0.412. The first-order valence-corrected chi connectivity index (χ1v) is 7.64. The normalized spacial score (nSPS) is 21.0. The molecular weight excluding hydrogens is 294 g/mol. The maximum absolute atomic E-state index is 12.6. The van der Waals surface area contributed by atoms with E-state index in [-0.39, 0.29) is 0 Å². The van der Waals surface area contributed by atoms with E-state index in [1.165, 1.54) is 0 Å². The number of hydrogen-bond acceptors (Lipinski definition) is 4. The number of H-pyrrole nitrogens is 1. The van der Waals surface area contributed by atoms with Crippen molar-refractivity contribution < 1.29 is 14.3 Å². The van der Waals surface area contributed by atoms with Crippen LogP contribution in [-0.2, 0) is 20.7 Å². The first-order chi connectivity index (χ1) is 10.8. The van der Waals surface area contributed by atoms with Crippen LogP contribution in [-0.4, -0.2) is 28.5 Å². The van der Waals surface area contributed by atoms with E-state index in [1.54, 1.807) is 0 Å². The van der Waals surface area contributed by atoms with E-state index in [0.717, 1.165) is 22.2 Å². The van der Waals surface area contributed by atoms with Crippen molar-refractivity contribution in [2.24, 2.45) is 5.73 Å². The highest BCUT2D eigenvalue weighted by molar-refractivity contribution is 5.91. The van der Waals surface area contributed by atoms with E-state index in [2.05, 4.69) is 10.3 Å². The second kappa shape index (κ2) is 5.38. The molecule has 0 saturated heterocycles. The summed E-state index contributed by atoms with van der Waals surface area (Å²) in [5, 5.41) is 4.02. The molecule has 2 atom stereocenters. The number of esters is 1. The Hall–Kier alpha value is -2.34. The van der Waals surface area contributed by atoms with Crippen LogP contribution in [0.15, 0.2) is 24.3 Å². The summed E-state index contributed by atoms with van der Waals surface area (Å²) in [6.45, 7) is 5.43. The molecule has 3 rings (SSSR count). The maximum atomic E-state index is 12.6. The second-order valence-corrected chi connectivity index (χ2v) is 6.86. The first-order valence-electron chi connectivity index (χ1n) is 7.64. The summed E-state index contributed by atoms with van der Waals surface area (Å²) in [6.07, 6.45) is 0.452. The number of primary amides is 1. The van der Waals surface area contributed by atoms with E-state index in [4.69, 9.17) is 10.5 Å². The van der Waals surface area contributed by atoms with E-state index in [9.17, 15) is 9.59 Å². The summed E-state index contributed by atoms with van der Waals surface area (Å²) >= 11 is 0. The molecule has 0 saturated carbocycles. The lowest BCUT2D eigenvalue weighted by molar-refractivity contribution is -0.158. The molecule has 2 unspecified atom stereocenters. The fourth-order valence-electron chi connectivity index (χ4n) is 2.96. The number of carbonyl (C=O) groups is 2. The molecule has 1 aromatic carbocycles. The van der Waals surface area contributed by atoms with Crippen molar-refractivity contribution >= 4 is 22.8 Å².